The molecule has 3 rings (SSSR count). The third-order valence-corrected chi connectivity index (χ3v) is 6.17. The number of sulfonamides is 1. The molecule has 8 nitrogen and oxygen atoms in total. The van der Waals surface area contributed by atoms with Gasteiger partial charge in [0.05, 0.1) is 0 Å². The average molecular weight is 325 g/mol. The second kappa shape index (κ2) is 5.47. The quantitative estimate of drug-likeness (QED) is 0.835. The largest absolute Gasteiger partial charge is 0.360 e. The van der Waals surface area contributed by atoms with Gasteiger partial charge in [0.1, 0.15) is 22.7 Å². The molecule has 2 aromatic rings. The summed E-state index contributed by atoms with van der Waals surface area (Å²) in [4.78, 5) is 0.186. The van der Waals surface area contributed by atoms with Crippen molar-refractivity contribution in [1.82, 2.24) is 24.2 Å². The van der Waals surface area contributed by atoms with Crippen molar-refractivity contribution >= 4 is 10.0 Å². The molecule has 3 heterocycles. The molecule has 120 valence electrons. The van der Waals surface area contributed by atoms with Crippen LogP contribution in [0, 0.1) is 13.8 Å². The number of hydrogen-bond acceptors (Lipinski definition) is 6. The molecule has 1 aliphatic heterocycles. The van der Waals surface area contributed by atoms with Gasteiger partial charge < -0.3 is 9.09 Å². The SMILES string of the molecule is Cc1noc(C)c1S(=O)(=O)N1CCCC(c2nncn2C)C1. The van der Waals surface area contributed by atoms with E-state index in [-0.39, 0.29) is 10.8 Å². The van der Waals surface area contributed by atoms with Gasteiger partial charge in [-0.05, 0) is 26.7 Å². The minimum absolute atomic E-state index is 0.0523. The predicted octanol–water partition coefficient (Wildman–Crippen LogP) is 0.988. The van der Waals surface area contributed by atoms with E-state index < -0.39 is 10.0 Å². The summed E-state index contributed by atoms with van der Waals surface area (Å²) in [6, 6.07) is 0. The maximum Gasteiger partial charge on any atom is 0.248 e. The lowest BCUT2D eigenvalue weighted by Crippen LogP contribution is -2.40. The molecule has 0 radical (unpaired) electrons. The molecular formula is C13H19N5O3S. The highest BCUT2D eigenvalue weighted by molar-refractivity contribution is 7.89. The monoisotopic (exact) mass is 325 g/mol. The molecule has 1 fully saturated rings. The van der Waals surface area contributed by atoms with E-state index >= 15 is 0 Å². The highest BCUT2D eigenvalue weighted by atomic mass is 32.2. The van der Waals surface area contributed by atoms with E-state index in [0.29, 0.717) is 24.5 Å². The summed E-state index contributed by atoms with van der Waals surface area (Å²) in [5.41, 5.74) is 0.401. The third kappa shape index (κ3) is 2.44. The molecule has 0 bridgehead atoms. The van der Waals surface area contributed by atoms with Gasteiger partial charge in [-0.15, -0.1) is 10.2 Å². The summed E-state index contributed by atoms with van der Waals surface area (Å²) in [6.07, 6.45) is 3.33. The van der Waals surface area contributed by atoms with Crippen LogP contribution in [0.4, 0.5) is 0 Å². The van der Waals surface area contributed by atoms with Crippen molar-refractivity contribution in [3.05, 3.63) is 23.6 Å². The Morgan fingerprint density at radius 2 is 2.14 bits per heavy atom. The van der Waals surface area contributed by atoms with Crippen LogP contribution in [0.1, 0.15) is 36.0 Å². The van der Waals surface area contributed by atoms with Crippen molar-refractivity contribution < 1.29 is 12.9 Å². The van der Waals surface area contributed by atoms with E-state index in [1.165, 1.54) is 4.31 Å². The molecule has 1 atom stereocenters. The van der Waals surface area contributed by atoms with Crippen LogP contribution in [0.5, 0.6) is 0 Å². The molecule has 22 heavy (non-hydrogen) atoms. The second-order valence-electron chi connectivity index (χ2n) is 5.66. The number of aromatic nitrogens is 4. The molecule has 0 amide bonds. The number of nitrogens with zero attached hydrogens (tertiary/aromatic N) is 5. The number of piperidine rings is 1. The van der Waals surface area contributed by atoms with Gasteiger partial charge in [-0.2, -0.15) is 4.31 Å². The number of rotatable bonds is 3. The summed E-state index contributed by atoms with van der Waals surface area (Å²) in [5.74, 6) is 1.20. The fourth-order valence-electron chi connectivity index (χ4n) is 3.01. The van der Waals surface area contributed by atoms with Crippen LogP contribution in [0.2, 0.25) is 0 Å². The third-order valence-electron chi connectivity index (χ3n) is 4.06. The fourth-order valence-corrected chi connectivity index (χ4v) is 4.82. The van der Waals surface area contributed by atoms with Crippen molar-refractivity contribution in [3.63, 3.8) is 0 Å². The Morgan fingerprint density at radius 3 is 2.73 bits per heavy atom. The summed E-state index contributed by atoms with van der Waals surface area (Å²) in [7, 11) is -1.73. The molecule has 0 N–H and O–H groups in total. The predicted molar refractivity (Wildman–Crippen MR) is 77.7 cm³/mol. The molecule has 0 aromatic carbocycles. The van der Waals surface area contributed by atoms with Gasteiger partial charge in [0.2, 0.25) is 10.0 Å². The van der Waals surface area contributed by atoms with Crippen LogP contribution in [-0.2, 0) is 17.1 Å². The summed E-state index contributed by atoms with van der Waals surface area (Å²) in [6.45, 7) is 4.17. The van der Waals surface area contributed by atoms with Crippen molar-refractivity contribution in [2.45, 2.75) is 37.5 Å². The average Bonchev–Trinajstić information content (AvgIpc) is 3.05. The molecule has 1 saturated heterocycles. The van der Waals surface area contributed by atoms with Crippen LogP contribution >= 0.6 is 0 Å². The van der Waals surface area contributed by atoms with Gasteiger partial charge in [0.25, 0.3) is 0 Å². The molecule has 1 unspecified atom stereocenters. The molecule has 9 heteroatoms. The lowest BCUT2D eigenvalue weighted by molar-refractivity contribution is 0.305. The normalized spacial score (nSPS) is 20.4. The zero-order chi connectivity index (χ0) is 15.9. The minimum atomic E-state index is -3.60. The Bertz CT molecular complexity index is 760. The van der Waals surface area contributed by atoms with Crippen molar-refractivity contribution in [1.29, 1.82) is 0 Å². The smallest absolute Gasteiger partial charge is 0.248 e. The van der Waals surface area contributed by atoms with Gasteiger partial charge in [-0.25, -0.2) is 8.42 Å². The molecule has 0 aliphatic carbocycles. The number of aryl methyl sites for hydroxylation is 3. The van der Waals surface area contributed by atoms with E-state index in [0.717, 1.165) is 18.7 Å². The van der Waals surface area contributed by atoms with Crippen LogP contribution in [0.15, 0.2) is 15.7 Å². The minimum Gasteiger partial charge on any atom is -0.360 e. The Morgan fingerprint density at radius 1 is 1.36 bits per heavy atom. The van der Waals surface area contributed by atoms with Gasteiger partial charge in [0, 0.05) is 26.1 Å². The highest BCUT2D eigenvalue weighted by Crippen LogP contribution is 2.31. The summed E-state index contributed by atoms with van der Waals surface area (Å²) >= 11 is 0. The van der Waals surface area contributed by atoms with E-state index in [9.17, 15) is 8.42 Å². The lowest BCUT2D eigenvalue weighted by atomic mass is 9.99. The van der Waals surface area contributed by atoms with Crippen LogP contribution in [0.3, 0.4) is 0 Å². The molecule has 1 aliphatic rings. The topological polar surface area (TPSA) is 94.1 Å². The first-order valence-electron chi connectivity index (χ1n) is 7.18. The standard InChI is InChI=1S/C13H19N5O3S/c1-9-12(10(2)21-16-9)22(19,20)18-6-4-5-11(7-18)13-15-14-8-17(13)3/h8,11H,4-7H2,1-3H3. The van der Waals surface area contributed by atoms with E-state index in [4.69, 9.17) is 4.52 Å². The highest BCUT2D eigenvalue weighted by Gasteiger charge is 2.35. The fraction of sp³-hybridized carbons (Fsp3) is 0.615. The summed E-state index contributed by atoms with van der Waals surface area (Å²) in [5, 5.41) is 11.7. The second-order valence-corrected chi connectivity index (χ2v) is 7.53. The maximum atomic E-state index is 12.9. The van der Waals surface area contributed by atoms with Gasteiger partial charge >= 0.3 is 0 Å². The Kier molecular flexibility index (Phi) is 3.77. The van der Waals surface area contributed by atoms with Crippen molar-refractivity contribution in [3.8, 4) is 0 Å². The Balaban J connectivity index is 1.90. The van der Waals surface area contributed by atoms with Crippen LogP contribution in [0.25, 0.3) is 0 Å². The number of hydrogen-bond donors (Lipinski definition) is 0. The maximum absolute atomic E-state index is 12.9. The van der Waals surface area contributed by atoms with Crippen molar-refractivity contribution in [2.24, 2.45) is 7.05 Å². The molecule has 0 spiro atoms. The van der Waals surface area contributed by atoms with Gasteiger partial charge in [-0.1, -0.05) is 5.16 Å². The van der Waals surface area contributed by atoms with E-state index in [2.05, 4.69) is 15.4 Å². The van der Waals surface area contributed by atoms with Gasteiger partial charge in [-0.3, -0.25) is 0 Å². The van der Waals surface area contributed by atoms with Crippen molar-refractivity contribution in [2.75, 3.05) is 13.1 Å². The molecule has 0 saturated carbocycles. The first-order chi connectivity index (χ1) is 10.4. The lowest BCUT2D eigenvalue weighted by Gasteiger charge is -2.31. The summed E-state index contributed by atoms with van der Waals surface area (Å²) < 4.78 is 34.1. The molecular weight excluding hydrogens is 306 g/mol. The van der Waals surface area contributed by atoms with E-state index in [1.807, 2.05) is 11.6 Å². The Hall–Kier alpha value is -1.74. The zero-order valence-corrected chi connectivity index (χ0v) is 13.7. The van der Waals surface area contributed by atoms with Crippen LogP contribution < -0.4 is 0 Å². The Labute approximate surface area is 129 Å². The van der Waals surface area contributed by atoms with Crippen LogP contribution in [-0.4, -0.2) is 45.7 Å². The molecule has 2 aromatic heterocycles. The van der Waals surface area contributed by atoms with Gasteiger partial charge in [0.15, 0.2) is 5.76 Å². The van der Waals surface area contributed by atoms with E-state index in [1.54, 1.807) is 20.2 Å². The first kappa shape index (κ1) is 15.2. The first-order valence-corrected chi connectivity index (χ1v) is 8.62. The zero-order valence-electron chi connectivity index (χ0n) is 12.9.